The summed E-state index contributed by atoms with van der Waals surface area (Å²) in [5.74, 6) is -0.239. The molecule has 0 amide bonds. The molecule has 218 valence electrons. The van der Waals surface area contributed by atoms with Crippen molar-refractivity contribution in [3.05, 3.63) is 79.3 Å². The van der Waals surface area contributed by atoms with Gasteiger partial charge < -0.3 is 9.73 Å². The van der Waals surface area contributed by atoms with Crippen LogP contribution in [-0.4, -0.2) is 57.0 Å². The second kappa shape index (κ2) is 10.2. The van der Waals surface area contributed by atoms with Gasteiger partial charge in [0.2, 0.25) is 15.8 Å². The molecule has 0 bridgehead atoms. The molecule has 4 aromatic heterocycles. The first kappa shape index (κ1) is 27.9. The lowest BCUT2D eigenvalue weighted by molar-refractivity contribution is 0.192. The summed E-state index contributed by atoms with van der Waals surface area (Å²) in [7, 11) is -3.26. The summed E-state index contributed by atoms with van der Waals surface area (Å²) < 4.78 is 37.7. The van der Waals surface area contributed by atoms with E-state index in [1.54, 1.807) is 42.2 Å². The molecule has 1 saturated heterocycles. The Balaban J connectivity index is 1.39. The van der Waals surface area contributed by atoms with Crippen molar-refractivity contribution in [2.45, 2.75) is 32.9 Å². The van der Waals surface area contributed by atoms with E-state index in [1.807, 2.05) is 19.9 Å². The topological polar surface area (TPSA) is 169 Å². The molecular formula is C27H26ClN7O6S. The van der Waals surface area contributed by atoms with Gasteiger partial charge in [-0.15, -0.1) is 0 Å². The van der Waals surface area contributed by atoms with Crippen molar-refractivity contribution in [2.75, 3.05) is 24.7 Å². The van der Waals surface area contributed by atoms with Crippen LogP contribution in [0.2, 0.25) is 5.15 Å². The van der Waals surface area contributed by atoms with Gasteiger partial charge in [0, 0.05) is 30.4 Å². The van der Waals surface area contributed by atoms with E-state index in [0.717, 1.165) is 5.56 Å². The Kier molecular flexibility index (Phi) is 6.78. The summed E-state index contributed by atoms with van der Waals surface area (Å²) in [6, 6.07) is 6.53. The molecule has 0 radical (unpaired) electrons. The average Bonchev–Trinajstić information content (AvgIpc) is 3.55. The maximum atomic E-state index is 13.6. The Bertz CT molecular complexity index is 2070. The number of sulfonamides is 1. The van der Waals surface area contributed by atoms with Crippen LogP contribution in [0.25, 0.3) is 33.8 Å². The number of aromatic nitrogens is 5. The normalized spacial score (nSPS) is 15.2. The number of H-pyrrole nitrogens is 1. The Morgan fingerprint density at radius 2 is 1.95 bits per heavy atom. The Labute approximate surface area is 244 Å². The average molecular weight is 612 g/mol. The van der Waals surface area contributed by atoms with Gasteiger partial charge in [0.15, 0.2) is 5.43 Å². The van der Waals surface area contributed by atoms with Crippen LogP contribution in [0, 0.1) is 13.8 Å². The number of fused-ring (bicyclic) bond motifs is 1. The lowest BCUT2D eigenvalue weighted by Gasteiger charge is -2.36. The molecule has 5 heterocycles. The third-order valence-electron chi connectivity index (χ3n) is 7.29. The summed E-state index contributed by atoms with van der Waals surface area (Å²) >= 11 is 6.12. The predicted octanol–water partition coefficient (Wildman–Crippen LogP) is 3.65. The maximum absolute atomic E-state index is 13.6. The highest BCUT2D eigenvalue weighted by Crippen LogP contribution is 2.34. The number of anilines is 1. The fourth-order valence-electron chi connectivity index (χ4n) is 5.05. The number of benzene rings is 1. The number of aryl methyl sites for hydroxylation is 1. The van der Waals surface area contributed by atoms with Crippen LogP contribution in [-0.2, 0) is 10.0 Å². The van der Waals surface area contributed by atoms with Crippen LogP contribution in [0.3, 0.4) is 0 Å². The molecule has 15 heteroatoms. The number of nitrogens with zero attached hydrogens (tertiary/aromatic N) is 5. The lowest BCUT2D eigenvalue weighted by Crippen LogP contribution is -2.50. The second-order valence-corrected chi connectivity index (χ2v) is 12.8. The van der Waals surface area contributed by atoms with Crippen LogP contribution in [0.15, 0.2) is 55.2 Å². The first-order valence-corrected chi connectivity index (χ1v) is 15.2. The van der Waals surface area contributed by atoms with Gasteiger partial charge in [-0.25, -0.2) is 18.2 Å². The highest BCUT2D eigenvalue weighted by atomic mass is 35.5. The van der Waals surface area contributed by atoms with Crippen molar-refractivity contribution in [3.8, 4) is 22.8 Å². The van der Waals surface area contributed by atoms with Crippen molar-refractivity contribution in [1.82, 2.24) is 29.2 Å². The highest BCUT2D eigenvalue weighted by Gasteiger charge is 2.35. The summed E-state index contributed by atoms with van der Waals surface area (Å²) in [4.78, 5) is 31.9. The van der Waals surface area contributed by atoms with E-state index in [0.29, 0.717) is 52.2 Å². The number of nitrogens with one attached hydrogen (secondary N) is 2. The zero-order chi connectivity index (χ0) is 29.9. The highest BCUT2D eigenvalue weighted by molar-refractivity contribution is 7.88. The number of aromatic amines is 1. The molecule has 5 aromatic rings. The van der Waals surface area contributed by atoms with Gasteiger partial charge in [-0.3, -0.25) is 19.0 Å². The Morgan fingerprint density at radius 1 is 1.19 bits per heavy atom. The molecule has 0 spiro atoms. The summed E-state index contributed by atoms with van der Waals surface area (Å²) in [6.45, 7) is 6.17. The van der Waals surface area contributed by atoms with Crippen LogP contribution < -0.4 is 16.5 Å². The molecule has 1 aliphatic heterocycles. The summed E-state index contributed by atoms with van der Waals surface area (Å²) in [6.07, 6.45) is 4.56. The van der Waals surface area contributed by atoms with E-state index in [1.165, 1.54) is 10.6 Å². The molecule has 42 heavy (non-hydrogen) atoms. The van der Waals surface area contributed by atoms with Crippen LogP contribution in [0.4, 0.5) is 5.69 Å². The van der Waals surface area contributed by atoms with E-state index in [2.05, 4.69) is 30.1 Å². The van der Waals surface area contributed by atoms with Gasteiger partial charge in [0.25, 0.3) is 0 Å². The number of rotatable bonds is 7. The summed E-state index contributed by atoms with van der Waals surface area (Å²) in [5.41, 5.74) is 3.67. The molecule has 2 N–H and O–H groups in total. The van der Waals surface area contributed by atoms with Crippen molar-refractivity contribution in [3.63, 3.8) is 0 Å². The molecule has 1 aromatic carbocycles. The molecular weight excluding hydrogens is 586 g/mol. The monoisotopic (exact) mass is 611 g/mol. The molecule has 1 atom stereocenters. The molecule has 0 aliphatic carbocycles. The molecule has 0 saturated carbocycles. The fraction of sp³-hybridized carbons (Fsp3) is 0.296. The molecule has 6 rings (SSSR count). The Hall–Kier alpha value is -4.27. The largest absolute Gasteiger partial charge is 0.455 e. The smallest absolute Gasteiger partial charge is 0.439 e. The second-order valence-electron chi connectivity index (χ2n) is 10.4. The number of pyridine rings is 1. The van der Waals surface area contributed by atoms with Crippen molar-refractivity contribution >= 4 is 38.3 Å². The zero-order valence-corrected chi connectivity index (χ0v) is 24.6. The van der Waals surface area contributed by atoms with Gasteiger partial charge >= 0.3 is 5.76 Å². The number of hydrogen-bond acceptors (Lipinski definition) is 10. The quantitative estimate of drug-likeness (QED) is 0.259. The van der Waals surface area contributed by atoms with Crippen LogP contribution >= 0.6 is 11.6 Å². The number of halogens is 1. The van der Waals surface area contributed by atoms with Gasteiger partial charge in [0.1, 0.15) is 22.2 Å². The number of hydrogen-bond donors (Lipinski definition) is 2. The van der Waals surface area contributed by atoms with E-state index in [9.17, 15) is 18.0 Å². The molecule has 13 nitrogen and oxygen atoms in total. The molecule has 1 fully saturated rings. The first-order chi connectivity index (χ1) is 19.9. The minimum absolute atomic E-state index is 0.106. The SMILES string of the molecule is Cc1cc(C(C)Nc2ccc(Cl)nc2-c2noc(=O)[nH]2)c2oc(-c3cnn(C4CN(S(C)(=O)=O)C4)c3)c(C)c(=O)c2c1. The maximum Gasteiger partial charge on any atom is 0.439 e. The predicted molar refractivity (Wildman–Crippen MR) is 156 cm³/mol. The van der Waals surface area contributed by atoms with E-state index < -0.39 is 21.8 Å². The van der Waals surface area contributed by atoms with E-state index >= 15 is 0 Å². The van der Waals surface area contributed by atoms with Crippen LogP contribution in [0.5, 0.6) is 0 Å². The molecule has 1 unspecified atom stereocenters. The molecule has 1 aliphatic rings. The van der Waals surface area contributed by atoms with Crippen molar-refractivity contribution < 1.29 is 17.4 Å². The van der Waals surface area contributed by atoms with Crippen molar-refractivity contribution in [2.24, 2.45) is 0 Å². The fourth-order valence-corrected chi connectivity index (χ4v) is 6.08. The minimum atomic E-state index is -3.26. The zero-order valence-electron chi connectivity index (χ0n) is 23.0. The standard InChI is InChI=1S/C27H26ClN7O6S/c1-13-7-18(15(3)30-20-5-6-21(28)31-22(20)26-32-27(37)41-33-26)25-19(8-13)23(36)14(2)24(40-25)16-9-29-35(10-16)17-11-34(12-17)42(4,38)39/h5-10,15,17,30H,11-12H2,1-4H3,(H,32,33,37). The third kappa shape index (κ3) is 5.01. The van der Waals surface area contributed by atoms with Crippen LogP contribution in [0.1, 0.15) is 35.7 Å². The van der Waals surface area contributed by atoms with Gasteiger partial charge in [0.05, 0.1) is 41.2 Å². The van der Waals surface area contributed by atoms with Gasteiger partial charge in [-0.05, 0) is 44.5 Å². The Morgan fingerprint density at radius 3 is 2.64 bits per heavy atom. The third-order valence-corrected chi connectivity index (χ3v) is 8.74. The first-order valence-electron chi connectivity index (χ1n) is 13.0. The van der Waals surface area contributed by atoms with E-state index in [4.69, 9.17) is 16.0 Å². The summed E-state index contributed by atoms with van der Waals surface area (Å²) in [5, 5.41) is 12.2. The van der Waals surface area contributed by atoms with Crippen molar-refractivity contribution in [1.29, 1.82) is 0 Å². The minimum Gasteiger partial charge on any atom is -0.455 e. The lowest BCUT2D eigenvalue weighted by atomic mass is 9.99. The van der Waals surface area contributed by atoms with E-state index in [-0.39, 0.29) is 28.1 Å². The van der Waals surface area contributed by atoms with Gasteiger partial charge in [-0.1, -0.05) is 22.8 Å². The van der Waals surface area contributed by atoms with Gasteiger partial charge in [-0.2, -0.15) is 9.40 Å².